The normalized spacial score (nSPS) is 11.0. The number of rotatable bonds is 4. The Morgan fingerprint density at radius 2 is 2.05 bits per heavy atom. The minimum Gasteiger partial charge on any atom is -0.497 e. The second kappa shape index (κ2) is 5.76. The molecule has 21 heavy (non-hydrogen) atoms. The summed E-state index contributed by atoms with van der Waals surface area (Å²) < 4.78 is 7.13. The molecule has 0 spiro atoms. The number of hydrogen-bond acceptors (Lipinski definition) is 3. The molecule has 2 aromatic carbocycles. The highest BCUT2D eigenvalue weighted by Crippen LogP contribution is 2.25. The van der Waals surface area contributed by atoms with Gasteiger partial charge in [0.2, 0.25) is 0 Å². The Labute approximate surface area is 127 Å². The van der Waals surface area contributed by atoms with Gasteiger partial charge in [0.25, 0.3) is 0 Å². The van der Waals surface area contributed by atoms with E-state index in [1.54, 1.807) is 13.2 Å². The molecule has 1 heterocycles. The highest BCUT2D eigenvalue weighted by molar-refractivity contribution is 6.31. The lowest BCUT2D eigenvalue weighted by Crippen LogP contribution is -2.05. The SMILES string of the molecule is COc1ccc(Cn2c(CO)nc3ccccc32)c(Cl)c1. The number of para-hydroxylation sites is 2. The third-order valence-electron chi connectivity index (χ3n) is 3.46. The molecule has 0 atom stereocenters. The molecule has 0 saturated carbocycles. The highest BCUT2D eigenvalue weighted by atomic mass is 35.5. The van der Waals surface area contributed by atoms with E-state index in [4.69, 9.17) is 16.3 Å². The lowest BCUT2D eigenvalue weighted by Gasteiger charge is -2.10. The van der Waals surface area contributed by atoms with Gasteiger partial charge in [-0.15, -0.1) is 0 Å². The van der Waals surface area contributed by atoms with Crippen LogP contribution in [0.1, 0.15) is 11.4 Å². The van der Waals surface area contributed by atoms with Crippen LogP contribution in [0.15, 0.2) is 42.5 Å². The van der Waals surface area contributed by atoms with E-state index in [9.17, 15) is 5.11 Å². The molecule has 0 unspecified atom stereocenters. The number of aliphatic hydroxyl groups is 1. The average Bonchev–Trinajstić information content (AvgIpc) is 2.87. The molecule has 0 aliphatic carbocycles. The molecule has 108 valence electrons. The number of halogens is 1. The molecule has 5 heteroatoms. The Hall–Kier alpha value is -2.04. The molecular weight excluding hydrogens is 288 g/mol. The van der Waals surface area contributed by atoms with E-state index in [0.717, 1.165) is 22.3 Å². The lowest BCUT2D eigenvalue weighted by molar-refractivity contribution is 0.267. The number of nitrogens with zero attached hydrogens (tertiary/aromatic N) is 2. The molecule has 3 rings (SSSR count). The first-order valence-electron chi connectivity index (χ1n) is 6.60. The van der Waals surface area contributed by atoms with Crippen molar-refractivity contribution >= 4 is 22.6 Å². The molecule has 0 aliphatic rings. The third-order valence-corrected chi connectivity index (χ3v) is 3.82. The summed E-state index contributed by atoms with van der Waals surface area (Å²) in [4.78, 5) is 4.44. The van der Waals surface area contributed by atoms with Crippen LogP contribution in [0.2, 0.25) is 5.02 Å². The Morgan fingerprint density at radius 3 is 2.76 bits per heavy atom. The van der Waals surface area contributed by atoms with Crippen molar-refractivity contribution in [2.24, 2.45) is 0 Å². The molecule has 0 fully saturated rings. The fourth-order valence-corrected chi connectivity index (χ4v) is 2.61. The van der Waals surface area contributed by atoms with Gasteiger partial charge in [0.05, 0.1) is 24.7 Å². The Kier molecular flexibility index (Phi) is 3.82. The maximum atomic E-state index is 9.51. The lowest BCUT2D eigenvalue weighted by atomic mass is 10.2. The fourth-order valence-electron chi connectivity index (χ4n) is 2.38. The number of ether oxygens (including phenoxy) is 1. The predicted molar refractivity (Wildman–Crippen MR) is 82.8 cm³/mol. The molecular formula is C16H15ClN2O2. The van der Waals surface area contributed by atoms with E-state index in [0.29, 0.717) is 17.4 Å². The maximum absolute atomic E-state index is 9.51. The first kappa shape index (κ1) is 13.9. The third kappa shape index (κ3) is 2.60. The summed E-state index contributed by atoms with van der Waals surface area (Å²) in [6.07, 6.45) is 0. The average molecular weight is 303 g/mol. The zero-order chi connectivity index (χ0) is 14.8. The summed E-state index contributed by atoms with van der Waals surface area (Å²) in [5.41, 5.74) is 2.80. The minimum absolute atomic E-state index is 0.109. The summed E-state index contributed by atoms with van der Waals surface area (Å²) >= 11 is 6.30. The molecule has 0 saturated heterocycles. The zero-order valence-electron chi connectivity index (χ0n) is 11.6. The van der Waals surface area contributed by atoms with Crippen molar-refractivity contribution in [1.82, 2.24) is 9.55 Å². The monoisotopic (exact) mass is 302 g/mol. The van der Waals surface area contributed by atoms with Crippen molar-refractivity contribution in [3.63, 3.8) is 0 Å². The van der Waals surface area contributed by atoms with Gasteiger partial charge in [0.1, 0.15) is 18.2 Å². The summed E-state index contributed by atoms with van der Waals surface area (Å²) in [5, 5.41) is 10.1. The van der Waals surface area contributed by atoms with Crippen LogP contribution in [0.4, 0.5) is 0 Å². The van der Waals surface area contributed by atoms with E-state index < -0.39 is 0 Å². The van der Waals surface area contributed by atoms with Gasteiger partial charge in [-0.05, 0) is 29.8 Å². The van der Waals surface area contributed by atoms with Gasteiger partial charge in [0, 0.05) is 5.02 Å². The minimum atomic E-state index is -0.109. The quantitative estimate of drug-likeness (QED) is 0.805. The van der Waals surface area contributed by atoms with Gasteiger partial charge < -0.3 is 14.4 Å². The van der Waals surface area contributed by atoms with E-state index in [1.807, 2.05) is 41.0 Å². The molecule has 3 aromatic rings. The summed E-state index contributed by atoms with van der Waals surface area (Å²) in [7, 11) is 1.61. The van der Waals surface area contributed by atoms with Gasteiger partial charge >= 0.3 is 0 Å². The van der Waals surface area contributed by atoms with Gasteiger partial charge in [0.15, 0.2) is 0 Å². The van der Waals surface area contributed by atoms with Crippen LogP contribution in [0.3, 0.4) is 0 Å². The topological polar surface area (TPSA) is 47.3 Å². The Bertz CT molecular complexity index is 783. The van der Waals surface area contributed by atoms with Gasteiger partial charge in [-0.1, -0.05) is 29.8 Å². The van der Waals surface area contributed by atoms with Crippen molar-refractivity contribution in [2.75, 3.05) is 7.11 Å². The van der Waals surface area contributed by atoms with Gasteiger partial charge in [-0.25, -0.2) is 4.98 Å². The fraction of sp³-hybridized carbons (Fsp3) is 0.188. The van der Waals surface area contributed by atoms with Crippen molar-refractivity contribution in [3.05, 3.63) is 58.9 Å². The number of methoxy groups -OCH3 is 1. The number of aliphatic hydroxyl groups excluding tert-OH is 1. The van der Waals surface area contributed by atoms with Crippen LogP contribution in [0.5, 0.6) is 5.75 Å². The number of fused-ring (bicyclic) bond motifs is 1. The molecule has 1 aromatic heterocycles. The van der Waals surface area contributed by atoms with Crippen molar-refractivity contribution in [3.8, 4) is 5.75 Å². The van der Waals surface area contributed by atoms with Crippen LogP contribution in [-0.2, 0) is 13.2 Å². The van der Waals surface area contributed by atoms with Crippen LogP contribution in [0, 0.1) is 0 Å². The maximum Gasteiger partial charge on any atom is 0.136 e. The molecule has 0 radical (unpaired) electrons. The van der Waals surface area contributed by atoms with E-state index >= 15 is 0 Å². The van der Waals surface area contributed by atoms with Crippen molar-refractivity contribution in [2.45, 2.75) is 13.2 Å². The van der Waals surface area contributed by atoms with E-state index in [-0.39, 0.29) is 6.61 Å². The van der Waals surface area contributed by atoms with Crippen LogP contribution >= 0.6 is 11.6 Å². The summed E-state index contributed by atoms with van der Waals surface area (Å²) in [5.74, 6) is 1.35. The van der Waals surface area contributed by atoms with E-state index in [1.165, 1.54) is 0 Å². The molecule has 0 bridgehead atoms. The number of imidazole rings is 1. The molecule has 0 aliphatic heterocycles. The Balaban J connectivity index is 2.05. The predicted octanol–water partition coefficient (Wildman–Crippen LogP) is 3.24. The summed E-state index contributed by atoms with van der Waals surface area (Å²) in [6.45, 7) is 0.446. The van der Waals surface area contributed by atoms with Crippen LogP contribution < -0.4 is 4.74 Å². The number of aromatic nitrogens is 2. The van der Waals surface area contributed by atoms with Gasteiger partial charge in [-0.3, -0.25) is 0 Å². The first-order valence-corrected chi connectivity index (χ1v) is 6.98. The number of hydrogen-bond donors (Lipinski definition) is 1. The van der Waals surface area contributed by atoms with Crippen LogP contribution in [-0.4, -0.2) is 21.8 Å². The standard InChI is InChI=1S/C16H15ClN2O2/c1-21-12-7-6-11(13(17)8-12)9-19-15-5-3-2-4-14(15)18-16(19)10-20/h2-8,20H,9-10H2,1H3. The summed E-state index contributed by atoms with van der Waals surface area (Å²) in [6, 6.07) is 13.4. The smallest absolute Gasteiger partial charge is 0.136 e. The zero-order valence-corrected chi connectivity index (χ0v) is 12.3. The van der Waals surface area contributed by atoms with Crippen molar-refractivity contribution < 1.29 is 9.84 Å². The largest absolute Gasteiger partial charge is 0.497 e. The number of benzene rings is 2. The van der Waals surface area contributed by atoms with Gasteiger partial charge in [-0.2, -0.15) is 0 Å². The molecule has 0 amide bonds. The molecule has 1 N–H and O–H groups in total. The second-order valence-electron chi connectivity index (χ2n) is 4.72. The molecule has 4 nitrogen and oxygen atoms in total. The first-order chi connectivity index (χ1) is 10.2. The second-order valence-corrected chi connectivity index (χ2v) is 5.13. The highest BCUT2D eigenvalue weighted by Gasteiger charge is 2.11. The van der Waals surface area contributed by atoms with Crippen molar-refractivity contribution in [1.29, 1.82) is 0 Å². The van der Waals surface area contributed by atoms with E-state index in [2.05, 4.69) is 4.98 Å². The Morgan fingerprint density at radius 1 is 1.24 bits per heavy atom. The van der Waals surface area contributed by atoms with Crippen LogP contribution in [0.25, 0.3) is 11.0 Å².